The Labute approximate surface area is 135 Å². The second kappa shape index (κ2) is 5.80. The summed E-state index contributed by atoms with van der Waals surface area (Å²) in [6, 6.07) is 4.94. The molecule has 4 heterocycles. The summed E-state index contributed by atoms with van der Waals surface area (Å²) in [5.41, 5.74) is 0.0551. The molecule has 0 aromatic carbocycles. The molecule has 1 spiro atoms. The summed E-state index contributed by atoms with van der Waals surface area (Å²) in [4.78, 5) is 9.62. The van der Waals surface area contributed by atoms with E-state index in [0.29, 0.717) is 6.04 Å². The molecule has 22 heavy (non-hydrogen) atoms. The van der Waals surface area contributed by atoms with E-state index in [1.165, 1.54) is 29.1 Å². The molecule has 0 N–H and O–H groups in total. The van der Waals surface area contributed by atoms with Gasteiger partial charge in [0.2, 0.25) is 0 Å². The van der Waals surface area contributed by atoms with Gasteiger partial charge in [-0.1, -0.05) is 0 Å². The van der Waals surface area contributed by atoms with Gasteiger partial charge in [0.1, 0.15) is 0 Å². The van der Waals surface area contributed by atoms with Crippen LogP contribution < -0.4 is 0 Å². The summed E-state index contributed by atoms with van der Waals surface area (Å²) >= 11 is 1.92. The fourth-order valence-electron chi connectivity index (χ4n) is 3.90. The zero-order valence-corrected chi connectivity index (χ0v) is 13.9. The highest BCUT2D eigenvalue weighted by molar-refractivity contribution is 7.11. The fraction of sp³-hybridized carbons (Fsp3) is 0.588. The van der Waals surface area contributed by atoms with Gasteiger partial charge in [-0.05, 0) is 38.4 Å². The van der Waals surface area contributed by atoms with E-state index in [1.54, 1.807) is 0 Å². The number of thiophene rings is 1. The van der Waals surface area contributed by atoms with Crippen LogP contribution >= 0.6 is 11.3 Å². The fourth-order valence-corrected chi connectivity index (χ4v) is 4.83. The maximum Gasteiger partial charge on any atom is 0.0949 e. The van der Waals surface area contributed by atoms with E-state index in [4.69, 9.17) is 4.74 Å². The molecular formula is C17H23N3OS. The minimum Gasteiger partial charge on any atom is -0.371 e. The average Bonchev–Trinajstić information content (AvgIpc) is 3.21. The minimum atomic E-state index is 0.0551. The smallest absolute Gasteiger partial charge is 0.0949 e. The molecule has 0 amide bonds. The largest absolute Gasteiger partial charge is 0.371 e. The highest BCUT2D eigenvalue weighted by Gasteiger charge is 2.43. The quantitative estimate of drug-likeness (QED) is 0.870. The van der Waals surface area contributed by atoms with Crippen molar-refractivity contribution in [3.05, 3.63) is 40.6 Å². The first kappa shape index (κ1) is 14.4. The lowest BCUT2D eigenvalue weighted by atomic mass is 9.88. The Bertz CT molecular complexity index is 624. The van der Waals surface area contributed by atoms with Crippen molar-refractivity contribution in [3.63, 3.8) is 0 Å². The second-order valence-electron chi connectivity index (χ2n) is 6.69. The normalized spacial score (nSPS) is 29.4. The minimum absolute atomic E-state index is 0.0551. The maximum atomic E-state index is 6.30. The van der Waals surface area contributed by atoms with Crippen LogP contribution in [0.2, 0.25) is 0 Å². The number of piperidine rings is 1. The molecule has 0 radical (unpaired) electrons. The van der Waals surface area contributed by atoms with E-state index < -0.39 is 0 Å². The zero-order chi connectivity index (χ0) is 15.0. The lowest BCUT2D eigenvalue weighted by Gasteiger charge is -2.39. The Morgan fingerprint density at radius 3 is 3.18 bits per heavy atom. The number of aryl methyl sites for hydroxylation is 1. The van der Waals surface area contributed by atoms with E-state index >= 15 is 0 Å². The van der Waals surface area contributed by atoms with Gasteiger partial charge < -0.3 is 9.30 Å². The molecule has 2 aliphatic heterocycles. The number of hydrogen-bond acceptors (Lipinski definition) is 4. The summed E-state index contributed by atoms with van der Waals surface area (Å²) < 4.78 is 8.51. The molecule has 2 aromatic rings. The molecule has 2 saturated heterocycles. The number of ether oxygens (including phenoxy) is 1. The van der Waals surface area contributed by atoms with Gasteiger partial charge in [0.15, 0.2) is 0 Å². The molecular weight excluding hydrogens is 294 g/mol. The van der Waals surface area contributed by atoms with E-state index in [2.05, 4.69) is 39.7 Å². The molecule has 2 atom stereocenters. The van der Waals surface area contributed by atoms with Gasteiger partial charge in [0, 0.05) is 41.7 Å². The van der Waals surface area contributed by atoms with Gasteiger partial charge in [0.05, 0.1) is 24.6 Å². The number of aromatic nitrogens is 2. The predicted molar refractivity (Wildman–Crippen MR) is 88.1 cm³/mol. The van der Waals surface area contributed by atoms with Crippen molar-refractivity contribution in [1.82, 2.24) is 14.5 Å². The Morgan fingerprint density at radius 2 is 2.41 bits per heavy atom. The summed E-state index contributed by atoms with van der Waals surface area (Å²) in [5.74, 6) is 0. The molecule has 5 heteroatoms. The van der Waals surface area contributed by atoms with Crippen LogP contribution in [-0.4, -0.2) is 39.7 Å². The van der Waals surface area contributed by atoms with E-state index in [-0.39, 0.29) is 5.60 Å². The summed E-state index contributed by atoms with van der Waals surface area (Å²) in [6.45, 7) is 6.33. The van der Waals surface area contributed by atoms with Crippen LogP contribution in [0, 0.1) is 6.92 Å². The molecule has 0 saturated carbocycles. The highest BCUT2D eigenvalue weighted by atomic mass is 32.1. The van der Waals surface area contributed by atoms with Gasteiger partial charge in [-0.2, -0.15) is 0 Å². The lowest BCUT2D eigenvalue weighted by Crippen LogP contribution is -2.47. The van der Waals surface area contributed by atoms with Crippen LogP contribution in [0.4, 0.5) is 0 Å². The molecule has 0 aliphatic carbocycles. The number of rotatable bonds is 3. The van der Waals surface area contributed by atoms with Crippen molar-refractivity contribution in [2.45, 2.75) is 44.4 Å². The highest BCUT2D eigenvalue weighted by Crippen LogP contribution is 2.39. The third kappa shape index (κ3) is 2.85. The Morgan fingerprint density at radius 1 is 1.45 bits per heavy atom. The predicted octanol–water partition coefficient (Wildman–Crippen LogP) is 3.25. The van der Waals surface area contributed by atoms with E-state index in [9.17, 15) is 0 Å². The van der Waals surface area contributed by atoms with Crippen LogP contribution in [0.15, 0.2) is 30.9 Å². The van der Waals surface area contributed by atoms with Gasteiger partial charge >= 0.3 is 0 Å². The van der Waals surface area contributed by atoms with Gasteiger partial charge in [-0.15, -0.1) is 11.3 Å². The van der Waals surface area contributed by atoms with Crippen molar-refractivity contribution < 1.29 is 4.74 Å². The van der Waals surface area contributed by atoms with Crippen LogP contribution in [0.3, 0.4) is 0 Å². The van der Waals surface area contributed by atoms with E-state index in [0.717, 1.165) is 26.1 Å². The Balaban J connectivity index is 1.42. The molecule has 4 nitrogen and oxygen atoms in total. The summed E-state index contributed by atoms with van der Waals surface area (Å²) in [6.07, 6.45) is 9.38. The topological polar surface area (TPSA) is 30.3 Å². The van der Waals surface area contributed by atoms with Crippen LogP contribution in [-0.2, 0) is 11.3 Å². The van der Waals surface area contributed by atoms with Crippen molar-refractivity contribution in [1.29, 1.82) is 0 Å². The molecule has 0 unspecified atom stereocenters. The van der Waals surface area contributed by atoms with Gasteiger partial charge in [-0.25, -0.2) is 4.98 Å². The number of nitrogens with zero attached hydrogens (tertiary/aromatic N) is 3. The molecule has 2 aliphatic rings. The van der Waals surface area contributed by atoms with Crippen molar-refractivity contribution in [3.8, 4) is 0 Å². The Hall–Kier alpha value is -1.17. The first-order chi connectivity index (χ1) is 10.7. The summed E-state index contributed by atoms with van der Waals surface area (Å²) in [7, 11) is 0. The number of hydrogen-bond donors (Lipinski definition) is 0. The zero-order valence-electron chi connectivity index (χ0n) is 13.1. The summed E-state index contributed by atoms with van der Waals surface area (Å²) in [5, 5.41) is 0. The van der Waals surface area contributed by atoms with Crippen molar-refractivity contribution in [2.24, 2.45) is 0 Å². The first-order valence-electron chi connectivity index (χ1n) is 8.12. The molecule has 4 rings (SSSR count). The third-order valence-corrected chi connectivity index (χ3v) is 5.92. The third-order valence-electron chi connectivity index (χ3n) is 4.93. The van der Waals surface area contributed by atoms with Gasteiger partial charge in [-0.3, -0.25) is 4.90 Å². The van der Waals surface area contributed by atoms with Crippen LogP contribution in [0.1, 0.15) is 35.1 Å². The monoisotopic (exact) mass is 317 g/mol. The molecule has 2 aromatic heterocycles. The SMILES string of the molecule is Cc1ccc(CN2CCC[C@]3(C[C@@H](n4ccnc4)CO3)C2)s1. The number of imidazole rings is 1. The van der Waals surface area contributed by atoms with Gasteiger partial charge in [0.25, 0.3) is 0 Å². The lowest BCUT2D eigenvalue weighted by molar-refractivity contribution is -0.0532. The maximum absolute atomic E-state index is 6.30. The average molecular weight is 317 g/mol. The molecule has 2 fully saturated rings. The molecule has 118 valence electrons. The van der Waals surface area contributed by atoms with Crippen LogP contribution in [0.5, 0.6) is 0 Å². The van der Waals surface area contributed by atoms with E-state index in [1.807, 2.05) is 23.9 Å². The molecule has 0 bridgehead atoms. The number of likely N-dealkylation sites (tertiary alicyclic amines) is 1. The van der Waals surface area contributed by atoms with Crippen molar-refractivity contribution in [2.75, 3.05) is 19.7 Å². The standard InChI is InChI=1S/C17H23N3OS/c1-14-3-4-16(22-14)10-19-7-2-5-17(12-19)9-15(11-21-17)20-8-6-18-13-20/h3-4,6,8,13,15H,2,5,7,9-12H2,1H3/t15-,17+/m1/s1. The van der Waals surface area contributed by atoms with Crippen LogP contribution in [0.25, 0.3) is 0 Å². The first-order valence-corrected chi connectivity index (χ1v) is 8.93. The van der Waals surface area contributed by atoms with Crippen molar-refractivity contribution >= 4 is 11.3 Å². The second-order valence-corrected chi connectivity index (χ2v) is 8.06. The Kier molecular flexibility index (Phi) is 3.80.